The van der Waals surface area contributed by atoms with Crippen LogP contribution in [0.25, 0.3) is 0 Å². The number of nitrogens with one attached hydrogen (secondary N) is 1. The van der Waals surface area contributed by atoms with Crippen LogP contribution in [0.2, 0.25) is 0 Å². The van der Waals surface area contributed by atoms with E-state index in [1.807, 2.05) is 0 Å². The Morgan fingerprint density at radius 1 is 1.33 bits per heavy atom. The lowest BCUT2D eigenvalue weighted by Crippen LogP contribution is -2.41. The molecule has 0 heterocycles. The third-order valence-electron chi connectivity index (χ3n) is 2.79. The topological polar surface area (TPSA) is 32.3 Å². The smallest absolute Gasteiger partial charge is 0.0584 e. The van der Waals surface area contributed by atoms with Crippen molar-refractivity contribution in [3.8, 4) is 0 Å². The monoisotopic (exact) mass is 171 g/mol. The maximum absolute atomic E-state index is 9.01. The van der Waals surface area contributed by atoms with Crippen molar-refractivity contribution in [3.05, 3.63) is 0 Å². The van der Waals surface area contributed by atoms with Crippen LogP contribution in [-0.4, -0.2) is 23.8 Å². The van der Waals surface area contributed by atoms with E-state index < -0.39 is 0 Å². The van der Waals surface area contributed by atoms with Crippen LogP contribution in [0.4, 0.5) is 0 Å². The van der Waals surface area contributed by atoms with E-state index >= 15 is 0 Å². The molecule has 1 fully saturated rings. The molecule has 1 aliphatic rings. The van der Waals surface area contributed by atoms with Crippen LogP contribution in [0.15, 0.2) is 0 Å². The van der Waals surface area contributed by atoms with Gasteiger partial charge in [0, 0.05) is 12.1 Å². The molecule has 0 aromatic rings. The van der Waals surface area contributed by atoms with E-state index in [0.29, 0.717) is 12.1 Å². The van der Waals surface area contributed by atoms with E-state index in [0.717, 1.165) is 12.3 Å². The maximum Gasteiger partial charge on any atom is 0.0584 e. The van der Waals surface area contributed by atoms with Crippen molar-refractivity contribution in [2.24, 2.45) is 5.92 Å². The zero-order chi connectivity index (χ0) is 8.97. The summed E-state index contributed by atoms with van der Waals surface area (Å²) in [5, 5.41) is 12.5. The second kappa shape index (κ2) is 4.83. The maximum atomic E-state index is 9.01. The van der Waals surface area contributed by atoms with Crippen molar-refractivity contribution in [1.29, 1.82) is 0 Å². The van der Waals surface area contributed by atoms with Crippen molar-refractivity contribution < 1.29 is 5.11 Å². The van der Waals surface area contributed by atoms with E-state index in [4.69, 9.17) is 5.11 Å². The molecule has 1 saturated carbocycles. The summed E-state index contributed by atoms with van der Waals surface area (Å²) in [7, 11) is 0. The van der Waals surface area contributed by atoms with Gasteiger partial charge in [0.1, 0.15) is 0 Å². The second-order valence-corrected chi connectivity index (χ2v) is 3.81. The van der Waals surface area contributed by atoms with Gasteiger partial charge in [0.15, 0.2) is 0 Å². The average Bonchev–Trinajstić information content (AvgIpc) is 2.90. The van der Waals surface area contributed by atoms with Gasteiger partial charge in [-0.05, 0) is 31.6 Å². The first-order valence-corrected chi connectivity index (χ1v) is 5.18. The minimum atomic E-state index is 0.278. The summed E-state index contributed by atoms with van der Waals surface area (Å²) in [6.45, 7) is 4.62. The largest absolute Gasteiger partial charge is 0.395 e. The van der Waals surface area contributed by atoms with E-state index in [2.05, 4.69) is 19.2 Å². The fourth-order valence-electron chi connectivity index (χ4n) is 1.69. The van der Waals surface area contributed by atoms with Crippen LogP contribution in [0, 0.1) is 5.92 Å². The first-order valence-electron chi connectivity index (χ1n) is 5.18. The molecule has 0 saturated heterocycles. The van der Waals surface area contributed by atoms with Crippen molar-refractivity contribution in [2.75, 3.05) is 6.61 Å². The molecule has 1 rings (SSSR count). The molecule has 2 heteroatoms. The summed E-state index contributed by atoms with van der Waals surface area (Å²) >= 11 is 0. The first kappa shape index (κ1) is 10.0. The van der Waals surface area contributed by atoms with Gasteiger partial charge in [-0.3, -0.25) is 0 Å². The highest BCUT2D eigenvalue weighted by molar-refractivity contribution is 4.87. The van der Waals surface area contributed by atoms with Gasteiger partial charge in [0.25, 0.3) is 0 Å². The summed E-state index contributed by atoms with van der Waals surface area (Å²) in [5.74, 6) is 0.899. The molecule has 2 nitrogen and oxygen atoms in total. The summed E-state index contributed by atoms with van der Waals surface area (Å²) in [4.78, 5) is 0. The van der Waals surface area contributed by atoms with Crippen LogP contribution in [-0.2, 0) is 0 Å². The van der Waals surface area contributed by atoms with Gasteiger partial charge in [0.2, 0.25) is 0 Å². The predicted molar refractivity (Wildman–Crippen MR) is 51.1 cm³/mol. The first-order chi connectivity index (χ1) is 5.81. The molecule has 2 atom stereocenters. The van der Waals surface area contributed by atoms with Gasteiger partial charge in [0.05, 0.1) is 6.61 Å². The average molecular weight is 171 g/mol. The number of aliphatic hydroxyl groups excluding tert-OH is 1. The lowest BCUT2D eigenvalue weighted by atomic mass is 10.1. The zero-order valence-corrected chi connectivity index (χ0v) is 8.21. The van der Waals surface area contributed by atoms with Gasteiger partial charge in [-0.25, -0.2) is 0 Å². The van der Waals surface area contributed by atoms with Crippen molar-refractivity contribution >= 4 is 0 Å². The molecule has 0 aromatic carbocycles. The van der Waals surface area contributed by atoms with Crippen molar-refractivity contribution in [2.45, 2.75) is 51.6 Å². The van der Waals surface area contributed by atoms with Gasteiger partial charge in [-0.1, -0.05) is 13.8 Å². The highest BCUT2D eigenvalue weighted by Gasteiger charge is 2.30. The van der Waals surface area contributed by atoms with Gasteiger partial charge in [-0.2, -0.15) is 0 Å². The van der Waals surface area contributed by atoms with Crippen molar-refractivity contribution in [1.82, 2.24) is 5.32 Å². The van der Waals surface area contributed by atoms with E-state index in [9.17, 15) is 0 Å². The number of hydrogen-bond donors (Lipinski definition) is 2. The van der Waals surface area contributed by atoms with E-state index in [1.165, 1.54) is 19.3 Å². The van der Waals surface area contributed by atoms with Gasteiger partial charge < -0.3 is 10.4 Å². The molecular weight excluding hydrogens is 150 g/mol. The van der Waals surface area contributed by atoms with Crippen LogP contribution >= 0.6 is 0 Å². The molecule has 0 aliphatic heterocycles. The molecule has 12 heavy (non-hydrogen) atoms. The zero-order valence-electron chi connectivity index (χ0n) is 8.21. The number of aliphatic hydroxyl groups is 1. The Morgan fingerprint density at radius 2 is 2.00 bits per heavy atom. The molecule has 2 unspecified atom stereocenters. The number of hydrogen-bond acceptors (Lipinski definition) is 2. The Hall–Kier alpha value is -0.0800. The van der Waals surface area contributed by atoms with Crippen LogP contribution in [0.3, 0.4) is 0 Å². The third kappa shape index (κ3) is 2.76. The molecule has 1 aliphatic carbocycles. The standard InChI is InChI=1S/C10H21NO/c1-3-9(7-12)11-10(4-2)8-5-6-8/h8-12H,3-7H2,1-2H3. The predicted octanol–water partition coefficient (Wildman–Crippen LogP) is 1.54. The van der Waals surface area contributed by atoms with Crippen LogP contribution in [0.5, 0.6) is 0 Å². The summed E-state index contributed by atoms with van der Waals surface area (Å²) in [6.07, 6.45) is 4.99. The molecule has 0 amide bonds. The van der Waals surface area contributed by atoms with Gasteiger partial charge >= 0.3 is 0 Å². The molecule has 0 aromatic heterocycles. The minimum absolute atomic E-state index is 0.278. The lowest BCUT2D eigenvalue weighted by molar-refractivity contribution is 0.221. The Labute approximate surface area is 75.4 Å². The minimum Gasteiger partial charge on any atom is -0.395 e. The quantitative estimate of drug-likeness (QED) is 0.635. The van der Waals surface area contributed by atoms with E-state index in [1.54, 1.807) is 0 Å². The molecule has 2 N–H and O–H groups in total. The molecular formula is C10H21NO. The third-order valence-corrected chi connectivity index (χ3v) is 2.79. The molecule has 0 radical (unpaired) electrons. The van der Waals surface area contributed by atoms with Crippen LogP contribution in [0.1, 0.15) is 39.5 Å². The van der Waals surface area contributed by atoms with E-state index in [-0.39, 0.29) is 6.61 Å². The SMILES string of the molecule is CCC(CO)NC(CC)C1CC1. The number of rotatable bonds is 6. The normalized spacial score (nSPS) is 22.2. The fraction of sp³-hybridized carbons (Fsp3) is 1.00. The van der Waals surface area contributed by atoms with Gasteiger partial charge in [-0.15, -0.1) is 0 Å². The molecule has 0 bridgehead atoms. The highest BCUT2D eigenvalue weighted by Crippen LogP contribution is 2.34. The Bertz CT molecular complexity index is 119. The summed E-state index contributed by atoms with van der Waals surface area (Å²) < 4.78 is 0. The highest BCUT2D eigenvalue weighted by atomic mass is 16.3. The second-order valence-electron chi connectivity index (χ2n) is 3.81. The fourth-order valence-corrected chi connectivity index (χ4v) is 1.69. The molecule has 0 spiro atoms. The lowest BCUT2D eigenvalue weighted by Gasteiger charge is -2.22. The van der Waals surface area contributed by atoms with Crippen molar-refractivity contribution in [3.63, 3.8) is 0 Å². The Morgan fingerprint density at radius 3 is 2.33 bits per heavy atom. The molecule has 72 valence electrons. The Balaban J connectivity index is 2.24. The Kier molecular flexibility index (Phi) is 4.02. The van der Waals surface area contributed by atoms with Crippen LogP contribution < -0.4 is 5.32 Å². The summed E-state index contributed by atoms with van der Waals surface area (Å²) in [5.41, 5.74) is 0. The summed E-state index contributed by atoms with van der Waals surface area (Å²) in [6, 6.07) is 0.970.